The van der Waals surface area contributed by atoms with Crippen LogP contribution in [0.1, 0.15) is 38.8 Å². The van der Waals surface area contributed by atoms with Gasteiger partial charge in [0.2, 0.25) is 0 Å². The SMILES string of the molecule is CCC(C)n1ncn(-c2ccc(N3CCN(c4ccc(OCC5COC(C)(c6ccc(Cl)cc6Cl)O5)cc4)CC3)nn2)c1=O. The number of aromatic nitrogens is 5. The number of benzene rings is 2. The lowest BCUT2D eigenvalue weighted by Gasteiger charge is -2.36. The predicted molar refractivity (Wildman–Crippen MR) is 169 cm³/mol. The summed E-state index contributed by atoms with van der Waals surface area (Å²) in [5.74, 6) is 1.05. The number of rotatable bonds is 9. The Morgan fingerprint density at radius 2 is 1.70 bits per heavy atom. The Labute approximate surface area is 265 Å². The zero-order valence-electron chi connectivity index (χ0n) is 24.9. The molecule has 6 rings (SSSR count). The van der Waals surface area contributed by atoms with Crippen LogP contribution in [0.5, 0.6) is 5.75 Å². The molecular formula is C31H35Cl2N7O4. The number of nitrogens with zero attached hydrogens (tertiary/aromatic N) is 7. The second kappa shape index (κ2) is 12.8. The Morgan fingerprint density at radius 1 is 1.00 bits per heavy atom. The van der Waals surface area contributed by atoms with Crippen molar-refractivity contribution in [2.24, 2.45) is 0 Å². The number of anilines is 2. The number of piperazine rings is 1. The molecule has 2 aromatic carbocycles. The van der Waals surface area contributed by atoms with Gasteiger partial charge in [-0.25, -0.2) is 14.0 Å². The van der Waals surface area contributed by atoms with E-state index in [0.717, 1.165) is 55.4 Å². The van der Waals surface area contributed by atoms with Gasteiger partial charge in [-0.05, 0) is 68.8 Å². The fourth-order valence-electron chi connectivity index (χ4n) is 5.42. The van der Waals surface area contributed by atoms with Crippen molar-refractivity contribution in [2.45, 2.75) is 45.1 Å². The van der Waals surface area contributed by atoms with Crippen molar-refractivity contribution >= 4 is 34.7 Å². The normalized spacial score (nSPS) is 21.1. The van der Waals surface area contributed by atoms with Crippen molar-refractivity contribution in [2.75, 3.05) is 49.2 Å². The first kappa shape index (κ1) is 30.4. The van der Waals surface area contributed by atoms with Crippen LogP contribution >= 0.6 is 23.2 Å². The Morgan fingerprint density at radius 3 is 2.39 bits per heavy atom. The van der Waals surface area contributed by atoms with Gasteiger partial charge in [-0.3, -0.25) is 0 Å². The molecule has 0 amide bonds. The minimum absolute atomic E-state index is 0.0243. The van der Waals surface area contributed by atoms with Crippen LogP contribution < -0.4 is 20.2 Å². The third kappa shape index (κ3) is 6.28. The number of hydrogen-bond donors (Lipinski definition) is 0. The van der Waals surface area contributed by atoms with Crippen molar-refractivity contribution in [3.63, 3.8) is 0 Å². The summed E-state index contributed by atoms with van der Waals surface area (Å²) in [6.07, 6.45) is 2.08. The average molecular weight is 641 g/mol. The molecule has 4 aromatic rings. The molecule has 0 radical (unpaired) electrons. The molecule has 2 aliphatic heterocycles. The van der Waals surface area contributed by atoms with Gasteiger partial charge in [0, 0.05) is 42.5 Å². The van der Waals surface area contributed by atoms with Crippen molar-refractivity contribution in [3.8, 4) is 11.6 Å². The topological polar surface area (TPSA) is 99.8 Å². The van der Waals surface area contributed by atoms with Gasteiger partial charge in [0.15, 0.2) is 17.4 Å². The molecule has 0 N–H and O–H groups in total. The van der Waals surface area contributed by atoms with E-state index in [1.54, 1.807) is 12.1 Å². The molecule has 0 aliphatic carbocycles. The third-order valence-electron chi connectivity index (χ3n) is 8.18. The summed E-state index contributed by atoms with van der Waals surface area (Å²) >= 11 is 12.4. The molecule has 3 unspecified atom stereocenters. The summed E-state index contributed by atoms with van der Waals surface area (Å²) in [5.41, 5.74) is 1.65. The summed E-state index contributed by atoms with van der Waals surface area (Å²) in [6, 6.07) is 17.1. The van der Waals surface area contributed by atoms with Crippen LogP contribution in [0.2, 0.25) is 10.0 Å². The van der Waals surface area contributed by atoms with E-state index in [4.69, 9.17) is 37.4 Å². The Kier molecular flexibility index (Phi) is 8.82. The quantitative estimate of drug-likeness (QED) is 0.248. The second-order valence-corrected chi connectivity index (χ2v) is 12.0. The highest BCUT2D eigenvalue weighted by atomic mass is 35.5. The Balaban J connectivity index is 0.991. The highest BCUT2D eigenvalue weighted by Crippen LogP contribution is 2.38. The van der Waals surface area contributed by atoms with Gasteiger partial charge in [0.1, 0.15) is 24.8 Å². The first-order valence-electron chi connectivity index (χ1n) is 14.7. The first-order valence-corrected chi connectivity index (χ1v) is 15.5. The van der Waals surface area contributed by atoms with E-state index in [2.05, 4.69) is 37.2 Å². The average Bonchev–Trinajstić information content (AvgIpc) is 3.62. The van der Waals surface area contributed by atoms with Crippen LogP contribution in [0.4, 0.5) is 11.5 Å². The molecule has 2 saturated heterocycles. The maximum absolute atomic E-state index is 12.7. The van der Waals surface area contributed by atoms with E-state index in [0.29, 0.717) is 29.1 Å². The highest BCUT2D eigenvalue weighted by molar-refractivity contribution is 6.35. The van der Waals surface area contributed by atoms with E-state index >= 15 is 0 Å². The molecule has 0 bridgehead atoms. The van der Waals surface area contributed by atoms with Gasteiger partial charge < -0.3 is 24.0 Å². The maximum Gasteiger partial charge on any atom is 0.351 e. The fraction of sp³-hybridized carbons (Fsp3) is 0.419. The van der Waals surface area contributed by atoms with Gasteiger partial charge in [-0.1, -0.05) is 36.2 Å². The zero-order valence-corrected chi connectivity index (χ0v) is 26.4. The van der Waals surface area contributed by atoms with E-state index < -0.39 is 5.79 Å². The fourth-order valence-corrected chi connectivity index (χ4v) is 6.00. The summed E-state index contributed by atoms with van der Waals surface area (Å²) in [4.78, 5) is 17.2. The smallest absolute Gasteiger partial charge is 0.351 e. The summed E-state index contributed by atoms with van der Waals surface area (Å²) < 4.78 is 21.1. The molecule has 2 aromatic heterocycles. The highest BCUT2D eigenvalue weighted by Gasteiger charge is 2.40. The lowest BCUT2D eigenvalue weighted by molar-refractivity contribution is -0.164. The molecule has 2 fully saturated rings. The van der Waals surface area contributed by atoms with Crippen molar-refractivity contribution in [1.29, 1.82) is 0 Å². The largest absolute Gasteiger partial charge is 0.491 e. The van der Waals surface area contributed by atoms with Gasteiger partial charge in [-0.2, -0.15) is 5.10 Å². The summed E-state index contributed by atoms with van der Waals surface area (Å²) in [7, 11) is 0. The molecule has 0 spiro atoms. The van der Waals surface area contributed by atoms with Crippen molar-refractivity contribution < 1.29 is 14.2 Å². The molecular weight excluding hydrogens is 605 g/mol. The Hall–Kier alpha value is -3.64. The van der Waals surface area contributed by atoms with E-state index in [1.807, 2.05) is 51.1 Å². The van der Waals surface area contributed by atoms with E-state index in [-0.39, 0.29) is 17.8 Å². The maximum atomic E-state index is 12.7. The van der Waals surface area contributed by atoms with E-state index in [9.17, 15) is 4.79 Å². The van der Waals surface area contributed by atoms with Crippen LogP contribution in [0.15, 0.2) is 65.7 Å². The van der Waals surface area contributed by atoms with Gasteiger partial charge >= 0.3 is 5.69 Å². The molecule has 13 heteroatoms. The minimum Gasteiger partial charge on any atom is -0.491 e. The zero-order chi connectivity index (χ0) is 30.8. The third-order valence-corrected chi connectivity index (χ3v) is 8.73. The van der Waals surface area contributed by atoms with Crippen LogP contribution in [-0.2, 0) is 15.3 Å². The lowest BCUT2D eigenvalue weighted by atomic mass is 10.1. The van der Waals surface area contributed by atoms with Crippen molar-refractivity contribution in [1.82, 2.24) is 24.5 Å². The second-order valence-electron chi connectivity index (χ2n) is 11.1. The molecule has 11 nitrogen and oxygen atoms in total. The molecule has 44 heavy (non-hydrogen) atoms. The Bertz CT molecular complexity index is 1640. The molecule has 4 heterocycles. The number of halogens is 2. The van der Waals surface area contributed by atoms with Gasteiger partial charge in [-0.15, -0.1) is 10.2 Å². The van der Waals surface area contributed by atoms with Gasteiger partial charge in [0.05, 0.1) is 17.7 Å². The van der Waals surface area contributed by atoms with Crippen molar-refractivity contribution in [3.05, 3.63) is 87.0 Å². The number of hydrogen-bond acceptors (Lipinski definition) is 9. The lowest BCUT2D eigenvalue weighted by Crippen LogP contribution is -2.46. The molecule has 0 saturated carbocycles. The monoisotopic (exact) mass is 639 g/mol. The van der Waals surface area contributed by atoms with E-state index in [1.165, 1.54) is 15.6 Å². The summed E-state index contributed by atoms with van der Waals surface area (Å²) in [6.45, 7) is 9.86. The van der Waals surface area contributed by atoms with Crippen LogP contribution in [0.25, 0.3) is 5.82 Å². The predicted octanol–water partition coefficient (Wildman–Crippen LogP) is 5.10. The standard InChI is InChI=1S/C31H35Cl2N7O4/c1-4-21(2)40-30(41)39(20-34-40)29-12-11-28(35-36-29)38-15-13-37(14-16-38)23-6-8-24(9-7-23)42-18-25-19-43-31(3,44-25)26-10-5-22(32)17-27(26)33/h5-12,17,20-21,25H,4,13-16,18-19H2,1-3H3. The molecule has 232 valence electrons. The van der Waals surface area contributed by atoms with Gasteiger partial charge in [0.25, 0.3) is 0 Å². The first-order chi connectivity index (χ1) is 21.2. The number of ether oxygens (including phenoxy) is 3. The molecule has 2 aliphatic rings. The van der Waals surface area contributed by atoms with Crippen LogP contribution in [-0.4, -0.2) is 70.0 Å². The summed E-state index contributed by atoms with van der Waals surface area (Å²) in [5, 5.41) is 14.0. The van der Waals surface area contributed by atoms with Crippen LogP contribution in [0.3, 0.4) is 0 Å². The van der Waals surface area contributed by atoms with Crippen LogP contribution in [0, 0.1) is 0 Å². The minimum atomic E-state index is -0.952. The molecule has 3 atom stereocenters.